The maximum Gasteiger partial charge on any atom is 0.275 e. The van der Waals surface area contributed by atoms with Gasteiger partial charge in [0.2, 0.25) is 0 Å². The van der Waals surface area contributed by atoms with Crippen LogP contribution in [0.3, 0.4) is 0 Å². The van der Waals surface area contributed by atoms with Crippen molar-refractivity contribution in [3.63, 3.8) is 0 Å². The summed E-state index contributed by atoms with van der Waals surface area (Å²) >= 11 is 0. The second kappa shape index (κ2) is 5.47. The molecule has 0 aliphatic rings. The van der Waals surface area contributed by atoms with Crippen LogP contribution in [0.15, 0.2) is 18.6 Å². The molecule has 0 fully saturated rings. The lowest BCUT2D eigenvalue weighted by Crippen LogP contribution is -2.14. The predicted octanol–water partition coefficient (Wildman–Crippen LogP) is 1.07. The quantitative estimate of drug-likeness (QED) is 0.858. The molecule has 0 spiro atoms. The predicted molar refractivity (Wildman–Crippen MR) is 72.1 cm³/mol. The Morgan fingerprint density at radius 2 is 2.16 bits per heavy atom. The van der Waals surface area contributed by atoms with Crippen molar-refractivity contribution >= 4 is 17.4 Å². The topological polar surface area (TPSA) is 84.7 Å². The highest BCUT2D eigenvalue weighted by Crippen LogP contribution is 2.14. The van der Waals surface area contributed by atoms with Gasteiger partial charge in [0.25, 0.3) is 5.91 Å². The fourth-order valence-electron chi connectivity index (χ4n) is 1.66. The van der Waals surface area contributed by atoms with Gasteiger partial charge in [0, 0.05) is 20.3 Å². The van der Waals surface area contributed by atoms with Gasteiger partial charge < -0.3 is 10.6 Å². The number of carbonyl (C=O) groups is 1. The molecule has 19 heavy (non-hydrogen) atoms. The van der Waals surface area contributed by atoms with E-state index in [0.29, 0.717) is 11.5 Å². The fourth-order valence-corrected chi connectivity index (χ4v) is 1.66. The zero-order valence-corrected chi connectivity index (χ0v) is 11.1. The summed E-state index contributed by atoms with van der Waals surface area (Å²) in [5.41, 5.74) is 1.81. The molecule has 0 unspecified atom stereocenters. The van der Waals surface area contributed by atoms with Gasteiger partial charge in [-0.25, -0.2) is 9.97 Å². The van der Waals surface area contributed by atoms with Gasteiger partial charge in [0.15, 0.2) is 0 Å². The summed E-state index contributed by atoms with van der Waals surface area (Å²) in [5, 5.41) is 9.90. The first-order valence-electron chi connectivity index (χ1n) is 5.97. The van der Waals surface area contributed by atoms with E-state index in [1.165, 1.54) is 12.4 Å². The molecule has 7 nitrogen and oxygen atoms in total. The molecule has 2 aromatic heterocycles. The minimum absolute atomic E-state index is 0.268. The van der Waals surface area contributed by atoms with E-state index in [1.807, 2.05) is 14.0 Å². The van der Waals surface area contributed by atoms with Gasteiger partial charge in [0.1, 0.15) is 11.5 Å². The molecule has 0 atom stereocenters. The summed E-state index contributed by atoms with van der Waals surface area (Å²) in [6, 6.07) is 0. The molecule has 0 aliphatic heterocycles. The molecule has 0 radical (unpaired) electrons. The average molecular weight is 260 g/mol. The van der Waals surface area contributed by atoms with Gasteiger partial charge in [-0.2, -0.15) is 5.10 Å². The van der Waals surface area contributed by atoms with E-state index in [9.17, 15) is 4.79 Å². The van der Waals surface area contributed by atoms with Gasteiger partial charge >= 0.3 is 0 Å². The largest absolute Gasteiger partial charge is 0.372 e. The maximum absolute atomic E-state index is 12.0. The molecule has 2 rings (SSSR count). The van der Waals surface area contributed by atoms with E-state index in [0.717, 1.165) is 12.1 Å². The van der Waals surface area contributed by atoms with Crippen molar-refractivity contribution in [2.75, 3.05) is 17.7 Å². The molecule has 2 heterocycles. The molecular weight excluding hydrogens is 244 g/mol. The zero-order valence-electron chi connectivity index (χ0n) is 11.1. The number of nitrogens with one attached hydrogen (secondary N) is 2. The number of rotatable bonds is 4. The monoisotopic (exact) mass is 260 g/mol. The first-order chi connectivity index (χ1) is 9.13. The third-order valence-electron chi connectivity index (χ3n) is 2.63. The Hall–Kier alpha value is -2.44. The van der Waals surface area contributed by atoms with Crippen molar-refractivity contribution in [3.8, 4) is 0 Å². The van der Waals surface area contributed by atoms with Crippen molar-refractivity contribution in [1.29, 1.82) is 0 Å². The van der Waals surface area contributed by atoms with E-state index < -0.39 is 0 Å². The molecule has 2 N–H and O–H groups in total. The van der Waals surface area contributed by atoms with Gasteiger partial charge in [-0.1, -0.05) is 6.92 Å². The Labute approximate surface area is 111 Å². The first-order valence-corrected chi connectivity index (χ1v) is 5.97. The van der Waals surface area contributed by atoms with E-state index in [1.54, 1.807) is 17.9 Å². The van der Waals surface area contributed by atoms with Crippen LogP contribution >= 0.6 is 0 Å². The molecule has 100 valence electrons. The second-order valence-corrected chi connectivity index (χ2v) is 4.01. The minimum Gasteiger partial charge on any atom is -0.372 e. The lowest BCUT2D eigenvalue weighted by molar-refractivity contribution is 0.102. The minimum atomic E-state index is -0.294. The van der Waals surface area contributed by atoms with E-state index in [4.69, 9.17) is 0 Å². The lowest BCUT2D eigenvalue weighted by Gasteiger charge is -2.04. The molecular formula is C12H16N6O. The molecule has 7 heteroatoms. The highest BCUT2D eigenvalue weighted by molar-refractivity contribution is 6.02. The van der Waals surface area contributed by atoms with E-state index >= 15 is 0 Å². The number of aromatic nitrogens is 4. The number of hydrogen-bond donors (Lipinski definition) is 2. The summed E-state index contributed by atoms with van der Waals surface area (Å²) in [5.74, 6) is 0.324. The van der Waals surface area contributed by atoms with Crippen LogP contribution in [0.1, 0.15) is 23.1 Å². The van der Waals surface area contributed by atoms with Crippen molar-refractivity contribution in [3.05, 3.63) is 30.0 Å². The van der Waals surface area contributed by atoms with Crippen LogP contribution in [-0.4, -0.2) is 32.7 Å². The smallest absolute Gasteiger partial charge is 0.275 e. The Kier molecular flexibility index (Phi) is 3.74. The van der Waals surface area contributed by atoms with Crippen molar-refractivity contribution in [1.82, 2.24) is 19.7 Å². The molecule has 0 saturated carbocycles. The molecule has 0 bridgehead atoms. The van der Waals surface area contributed by atoms with Crippen molar-refractivity contribution in [2.24, 2.45) is 7.05 Å². The normalized spacial score (nSPS) is 10.3. The maximum atomic E-state index is 12.0. The first kappa shape index (κ1) is 13.0. The van der Waals surface area contributed by atoms with Gasteiger partial charge in [-0.05, 0) is 6.42 Å². The summed E-state index contributed by atoms with van der Waals surface area (Å²) in [6.07, 6.45) is 5.47. The Morgan fingerprint density at radius 1 is 1.37 bits per heavy atom. The summed E-state index contributed by atoms with van der Waals surface area (Å²) in [7, 11) is 3.56. The third kappa shape index (κ3) is 2.87. The highest BCUT2D eigenvalue weighted by atomic mass is 16.1. The lowest BCUT2D eigenvalue weighted by atomic mass is 10.3. The number of hydrogen-bond acceptors (Lipinski definition) is 5. The van der Waals surface area contributed by atoms with Crippen LogP contribution in [-0.2, 0) is 13.5 Å². The van der Waals surface area contributed by atoms with Gasteiger partial charge in [0.05, 0.1) is 23.8 Å². The van der Waals surface area contributed by atoms with Crippen LogP contribution in [0.4, 0.5) is 11.5 Å². The summed E-state index contributed by atoms with van der Waals surface area (Å²) < 4.78 is 1.67. The van der Waals surface area contributed by atoms with Gasteiger partial charge in [-0.3, -0.25) is 9.48 Å². The standard InChI is InChI=1S/C12H16N6O/c1-4-8-10(7-18(3)17-8)16-12(19)9-5-15-11(13-2)6-14-9/h5-7H,4H2,1-3H3,(H,13,15)(H,16,19). The zero-order chi connectivity index (χ0) is 13.8. The molecule has 1 amide bonds. The van der Waals surface area contributed by atoms with Crippen LogP contribution in [0.5, 0.6) is 0 Å². The summed E-state index contributed by atoms with van der Waals surface area (Å²) in [6.45, 7) is 1.99. The number of carbonyl (C=O) groups excluding carboxylic acids is 1. The van der Waals surface area contributed by atoms with Crippen molar-refractivity contribution in [2.45, 2.75) is 13.3 Å². The van der Waals surface area contributed by atoms with Gasteiger partial charge in [-0.15, -0.1) is 0 Å². The van der Waals surface area contributed by atoms with Crippen LogP contribution in [0.25, 0.3) is 0 Å². The fraction of sp³-hybridized carbons (Fsp3) is 0.333. The number of amides is 1. The third-order valence-corrected chi connectivity index (χ3v) is 2.63. The van der Waals surface area contributed by atoms with Crippen molar-refractivity contribution < 1.29 is 4.79 Å². The average Bonchev–Trinajstić information content (AvgIpc) is 2.78. The summed E-state index contributed by atoms with van der Waals surface area (Å²) in [4.78, 5) is 20.1. The Bertz CT molecular complexity index is 574. The molecule has 2 aromatic rings. The van der Waals surface area contributed by atoms with Crippen LogP contribution in [0, 0.1) is 0 Å². The molecule has 0 aromatic carbocycles. The van der Waals surface area contributed by atoms with E-state index in [-0.39, 0.29) is 11.6 Å². The number of anilines is 2. The SMILES string of the molecule is CCc1nn(C)cc1NC(=O)c1cnc(NC)cn1. The molecule has 0 aliphatic carbocycles. The van der Waals surface area contributed by atoms with E-state index in [2.05, 4.69) is 25.7 Å². The molecule has 0 saturated heterocycles. The second-order valence-electron chi connectivity index (χ2n) is 4.01. The Balaban J connectivity index is 2.15. The Morgan fingerprint density at radius 3 is 2.74 bits per heavy atom. The number of nitrogens with zero attached hydrogens (tertiary/aromatic N) is 4. The number of aryl methyl sites for hydroxylation is 2. The van der Waals surface area contributed by atoms with Crippen LogP contribution < -0.4 is 10.6 Å². The highest BCUT2D eigenvalue weighted by Gasteiger charge is 2.12. The van der Waals surface area contributed by atoms with Crippen LogP contribution in [0.2, 0.25) is 0 Å².